The van der Waals surface area contributed by atoms with E-state index in [0.717, 1.165) is 22.4 Å². The largest absolute Gasteiger partial charge is 0.338 e. The van der Waals surface area contributed by atoms with Gasteiger partial charge in [-0.3, -0.25) is 9.59 Å². The van der Waals surface area contributed by atoms with Crippen molar-refractivity contribution in [1.82, 2.24) is 9.97 Å². The van der Waals surface area contributed by atoms with Gasteiger partial charge in [-0.2, -0.15) is 0 Å². The van der Waals surface area contributed by atoms with Crippen LogP contribution in [0.25, 0.3) is 22.4 Å². The molecule has 0 saturated heterocycles. The lowest BCUT2D eigenvalue weighted by atomic mass is 10.2. The molecule has 0 bridgehead atoms. The van der Waals surface area contributed by atoms with E-state index in [2.05, 4.69) is 20.6 Å². The zero-order valence-electron chi connectivity index (χ0n) is 17.3. The van der Waals surface area contributed by atoms with Gasteiger partial charge >= 0.3 is 0 Å². The summed E-state index contributed by atoms with van der Waals surface area (Å²) in [5.41, 5.74) is 3.96. The maximum absolute atomic E-state index is 12.9. The Kier molecular flexibility index (Phi) is 6.51. The number of para-hydroxylation sites is 2. The summed E-state index contributed by atoms with van der Waals surface area (Å²) in [7, 11) is 0. The van der Waals surface area contributed by atoms with Crippen LogP contribution in [0.15, 0.2) is 72.8 Å². The summed E-state index contributed by atoms with van der Waals surface area (Å²) in [6.07, 6.45) is 0. The van der Waals surface area contributed by atoms with E-state index in [1.165, 1.54) is 36.0 Å². The van der Waals surface area contributed by atoms with Crippen molar-refractivity contribution >= 4 is 46.0 Å². The minimum absolute atomic E-state index is 0.108. The first-order valence-corrected chi connectivity index (χ1v) is 11.1. The van der Waals surface area contributed by atoms with E-state index in [9.17, 15) is 14.0 Å². The molecule has 1 heterocycles. The summed E-state index contributed by atoms with van der Waals surface area (Å²) in [5.74, 6) is 0.0581. The van der Waals surface area contributed by atoms with Gasteiger partial charge in [0.25, 0.3) is 0 Å². The molecule has 0 fully saturated rings. The molecule has 0 aliphatic carbocycles. The highest BCUT2D eigenvalue weighted by Crippen LogP contribution is 2.22. The minimum Gasteiger partial charge on any atom is -0.338 e. The smallest absolute Gasteiger partial charge is 0.237 e. The van der Waals surface area contributed by atoms with Crippen molar-refractivity contribution in [3.63, 3.8) is 0 Å². The molecule has 0 aliphatic heterocycles. The lowest BCUT2D eigenvalue weighted by molar-refractivity contribution is -0.115. The minimum atomic E-state index is -0.427. The Morgan fingerprint density at radius 3 is 2.34 bits per heavy atom. The van der Waals surface area contributed by atoms with Gasteiger partial charge in [0.2, 0.25) is 11.8 Å². The van der Waals surface area contributed by atoms with Crippen LogP contribution in [0.3, 0.4) is 0 Å². The van der Waals surface area contributed by atoms with Gasteiger partial charge in [-0.05, 0) is 67.6 Å². The van der Waals surface area contributed by atoms with E-state index in [4.69, 9.17) is 0 Å². The van der Waals surface area contributed by atoms with Crippen LogP contribution in [0, 0.1) is 5.82 Å². The van der Waals surface area contributed by atoms with Crippen LogP contribution < -0.4 is 10.6 Å². The maximum Gasteiger partial charge on any atom is 0.237 e. The van der Waals surface area contributed by atoms with Crippen molar-refractivity contribution in [3.8, 4) is 11.4 Å². The van der Waals surface area contributed by atoms with E-state index in [1.54, 1.807) is 6.92 Å². The Bertz CT molecular complexity index is 1210. The molecule has 4 rings (SSSR count). The number of fused-ring (bicyclic) bond motifs is 1. The van der Waals surface area contributed by atoms with Crippen molar-refractivity contribution in [2.24, 2.45) is 0 Å². The van der Waals surface area contributed by atoms with Gasteiger partial charge < -0.3 is 15.6 Å². The fourth-order valence-corrected chi connectivity index (χ4v) is 3.74. The summed E-state index contributed by atoms with van der Waals surface area (Å²) >= 11 is 1.22. The normalized spacial score (nSPS) is 11.8. The topological polar surface area (TPSA) is 86.9 Å². The van der Waals surface area contributed by atoms with Crippen molar-refractivity contribution in [2.75, 3.05) is 16.4 Å². The van der Waals surface area contributed by atoms with Gasteiger partial charge in [-0.25, -0.2) is 9.37 Å². The second-order valence-corrected chi connectivity index (χ2v) is 8.51. The second-order valence-electron chi connectivity index (χ2n) is 7.18. The maximum atomic E-state index is 12.9. The van der Waals surface area contributed by atoms with E-state index in [0.29, 0.717) is 11.4 Å². The number of H-pyrrole nitrogens is 1. The van der Waals surface area contributed by atoms with E-state index in [1.807, 2.05) is 48.5 Å². The number of carbonyl (C=O) groups is 2. The SMILES string of the molecule is C[C@H](SCC(=O)Nc1ccc(F)cc1)C(=O)Nc1ccc(-c2nc3ccccc3[nH]2)cc1. The van der Waals surface area contributed by atoms with Gasteiger partial charge in [0.1, 0.15) is 11.6 Å². The van der Waals surface area contributed by atoms with Crippen LogP contribution in [0.2, 0.25) is 0 Å². The number of hydrogen-bond acceptors (Lipinski definition) is 4. The zero-order chi connectivity index (χ0) is 22.5. The molecule has 0 spiro atoms. The number of aromatic nitrogens is 2. The number of nitrogens with one attached hydrogen (secondary N) is 3. The first-order chi connectivity index (χ1) is 15.5. The highest BCUT2D eigenvalue weighted by atomic mass is 32.2. The number of aromatic amines is 1. The summed E-state index contributed by atoms with van der Waals surface area (Å²) in [5, 5.41) is 5.11. The highest BCUT2D eigenvalue weighted by molar-refractivity contribution is 8.01. The second kappa shape index (κ2) is 9.65. The third kappa shape index (κ3) is 5.33. The average Bonchev–Trinajstić information content (AvgIpc) is 3.24. The Balaban J connectivity index is 1.29. The Morgan fingerprint density at radius 2 is 1.62 bits per heavy atom. The number of halogens is 1. The monoisotopic (exact) mass is 448 g/mol. The van der Waals surface area contributed by atoms with E-state index in [-0.39, 0.29) is 23.4 Å². The predicted octanol–water partition coefficient (Wildman–Crippen LogP) is 5.07. The molecule has 0 aliphatic rings. The summed E-state index contributed by atoms with van der Waals surface area (Å²) < 4.78 is 12.9. The molecule has 2 amide bonds. The Hall–Kier alpha value is -3.65. The average molecular weight is 449 g/mol. The molecule has 6 nitrogen and oxygen atoms in total. The third-order valence-corrected chi connectivity index (χ3v) is 5.92. The van der Waals surface area contributed by atoms with Crippen LogP contribution in [-0.4, -0.2) is 32.8 Å². The van der Waals surface area contributed by atoms with Crippen LogP contribution in [-0.2, 0) is 9.59 Å². The number of imidazole rings is 1. The molecule has 3 aromatic carbocycles. The zero-order valence-corrected chi connectivity index (χ0v) is 18.1. The van der Waals surface area contributed by atoms with E-state index >= 15 is 0 Å². The lowest BCUT2D eigenvalue weighted by Crippen LogP contribution is -2.25. The molecular formula is C24H21FN4O2S. The molecule has 32 heavy (non-hydrogen) atoms. The lowest BCUT2D eigenvalue weighted by Gasteiger charge is -2.12. The molecule has 8 heteroatoms. The number of hydrogen-bond donors (Lipinski definition) is 3. The number of carbonyl (C=O) groups excluding carboxylic acids is 2. The molecule has 4 aromatic rings. The molecule has 0 unspecified atom stereocenters. The molecule has 1 aromatic heterocycles. The number of nitrogens with zero attached hydrogens (tertiary/aromatic N) is 1. The van der Waals surface area contributed by atoms with Crippen LogP contribution >= 0.6 is 11.8 Å². The fourth-order valence-electron chi connectivity index (χ4n) is 3.05. The van der Waals surface area contributed by atoms with Gasteiger partial charge in [-0.1, -0.05) is 12.1 Å². The predicted molar refractivity (Wildman–Crippen MR) is 127 cm³/mol. The van der Waals surface area contributed by atoms with Crippen molar-refractivity contribution in [3.05, 3.63) is 78.6 Å². The molecular weight excluding hydrogens is 427 g/mol. The van der Waals surface area contributed by atoms with Crippen LogP contribution in [0.1, 0.15) is 6.92 Å². The van der Waals surface area contributed by atoms with Crippen molar-refractivity contribution in [1.29, 1.82) is 0 Å². The third-order valence-electron chi connectivity index (χ3n) is 4.78. The number of benzene rings is 3. The number of rotatable bonds is 7. The van der Waals surface area contributed by atoms with Gasteiger partial charge in [0.15, 0.2) is 0 Å². The Morgan fingerprint density at radius 1 is 0.969 bits per heavy atom. The molecule has 0 saturated carbocycles. The van der Waals surface area contributed by atoms with Gasteiger partial charge in [0, 0.05) is 16.9 Å². The van der Waals surface area contributed by atoms with E-state index < -0.39 is 5.25 Å². The van der Waals surface area contributed by atoms with Crippen LogP contribution in [0.5, 0.6) is 0 Å². The highest BCUT2D eigenvalue weighted by Gasteiger charge is 2.16. The van der Waals surface area contributed by atoms with Gasteiger partial charge in [0.05, 0.1) is 22.0 Å². The summed E-state index contributed by atoms with van der Waals surface area (Å²) in [6.45, 7) is 1.74. The Labute approximate surface area is 188 Å². The number of amides is 2. The summed E-state index contributed by atoms with van der Waals surface area (Å²) in [6, 6.07) is 20.8. The first-order valence-electron chi connectivity index (χ1n) is 10.0. The molecule has 162 valence electrons. The van der Waals surface area contributed by atoms with Crippen molar-refractivity contribution in [2.45, 2.75) is 12.2 Å². The standard InChI is InChI=1S/C24H21FN4O2S/c1-15(32-14-22(30)26-18-12-8-17(25)9-13-18)24(31)27-19-10-6-16(7-11-19)23-28-20-4-2-3-5-21(20)29-23/h2-13,15H,14H2,1H3,(H,26,30)(H,27,31)(H,28,29)/t15-/m0/s1. The van der Waals surface area contributed by atoms with Crippen LogP contribution in [0.4, 0.5) is 15.8 Å². The molecule has 0 radical (unpaired) electrons. The first kappa shape index (κ1) is 21.6. The molecule has 3 N–H and O–H groups in total. The number of thioether (sulfide) groups is 1. The summed E-state index contributed by atoms with van der Waals surface area (Å²) in [4.78, 5) is 32.4. The van der Waals surface area contributed by atoms with Gasteiger partial charge in [-0.15, -0.1) is 11.8 Å². The van der Waals surface area contributed by atoms with Crippen molar-refractivity contribution < 1.29 is 14.0 Å². The molecule has 1 atom stereocenters. The number of anilines is 2. The quantitative estimate of drug-likeness (QED) is 0.368. The fraction of sp³-hybridized carbons (Fsp3) is 0.125.